The average molecular weight is 357 g/mol. The lowest BCUT2D eigenvalue weighted by Crippen LogP contribution is -2.16. The minimum atomic E-state index is -0.196. The summed E-state index contributed by atoms with van der Waals surface area (Å²) >= 11 is 0. The van der Waals surface area contributed by atoms with Crippen molar-refractivity contribution in [1.29, 1.82) is 0 Å². The standard InChI is InChI=1S/C23H19NO3/c25-23(24-20-11-12-21-22(16-20)27-15-14-26-21)13-8-17-6-9-19(10-7-17)18-4-2-1-3-5-18/h1-13,16H,14-15H2,(H,24,25)/b13-8+. The van der Waals surface area contributed by atoms with Crippen molar-refractivity contribution in [3.63, 3.8) is 0 Å². The van der Waals surface area contributed by atoms with Crippen molar-refractivity contribution in [2.24, 2.45) is 0 Å². The van der Waals surface area contributed by atoms with E-state index < -0.39 is 0 Å². The number of hydrogen-bond donors (Lipinski definition) is 1. The van der Waals surface area contributed by atoms with Gasteiger partial charge >= 0.3 is 0 Å². The Bertz CT molecular complexity index is 963. The number of anilines is 1. The number of hydrogen-bond acceptors (Lipinski definition) is 3. The maximum atomic E-state index is 12.2. The van der Waals surface area contributed by atoms with Gasteiger partial charge in [0.05, 0.1) is 0 Å². The number of fused-ring (bicyclic) bond motifs is 1. The van der Waals surface area contributed by atoms with Gasteiger partial charge in [0.1, 0.15) is 13.2 Å². The first-order chi connectivity index (χ1) is 13.3. The van der Waals surface area contributed by atoms with Crippen LogP contribution >= 0.6 is 0 Å². The van der Waals surface area contributed by atoms with Gasteiger partial charge < -0.3 is 14.8 Å². The van der Waals surface area contributed by atoms with Crippen molar-refractivity contribution in [3.05, 3.63) is 84.4 Å². The molecule has 0 spiro atoms. The van der Waals surface area contributed by atoms with Crippen molar-refractivity contribution in [1.82, 2.24) is 0 Å². The minimum Gasteiger partial charge on any atom is -0.486 e. The molecule has 0 aliphatic carbocycles. The molecule has 4 nitrogen and oxygen atoms in total. The topological polar surface area (TPSA) is 47.6 Å². The Kier molecular flexibility index (Phi) is 4.88. The highest BCUT2D eigenvalue weighted by Crippen LogP contribution is 2.32. The lowest BCUT2D eigenvalue weighted by molar-refractivity contribution is -0.111. The quantitative estimate of drug-likeness (QED) is 0.684. The van der Waals surface area contributed by atoms with Gasteiger partial charge in [-0.2, -0.15) is 0 Å². The predicted molar refractivity (Wildman–Crippen MR) is 107 cm³/mol. The van der Waals surface area contributed by atoms with Gasteiger partial charge in [-0.05, 0) is 34.9 Å². The Hall–Kier alpha value is -3.53. The molecule has 3 aromatic carbocycles. The normalized spacial score (nSPS) is 12.7. The van der Waals surface area contributed by atoms with Crippen LogP contribution in [0.4, 0.5) is 5.69 Å². The molecular weight excluding hydrogens is 338 g/mol. The molecular formula is C23H19NO3. The van der Waals surface area contributed by atoms with Crippen molar-refractivity contribution in [2.75, 3.05) is 18.5 Å². The molecule has 1 aliphatic heterocycles. The van der Waals surface area contributed by atoms with E-state index in [-0.39, 0.29) is 5.91 Å². The van der Waals surface area contributed by atoms with Crippen LogP contribution in [0.1, 0.15) is 5.56 Å². The summed E-state index contributed by atoms with van der Waals surface area (Å²) in [6, 6.07) is 23.7. The molecule has 4 rings (SSSR count). The van der Waals surface area contributed by atoms with Crippen molar-refractivity contribution in [3.8, 4) is 22.6 Å². The van der Waals surface area contributed by atoms with Gasteiger partial charge in [0.2, 0.25) is 5.91 Å². The van der Waals surface area contributed by atoms with Crippen LogP contribution in [0.5, 0.6) is 11.5 Å². The van der Waals surface area contributed by atoms with Crippen LogP contribution in [0.15, 0.2) is 78.9 Å². The molecule has 4 heteroatoms. The van der Waals surface area contributed by atoms with Crippen LogP contribution in [0.25, 0.3) is 17.2 Å². The number of ether oxygens (including phenoxy) is 2. The highest BCUT2D eigenvalue weighted by atomic mass is 16.6. The second-order valence-corrected chi connectivity index (χ2v) is 6.17. The number of rotatable bonds is 4. The predicted octanol–water partition coefficient (Wildman–Crippen LogP) is 4.78. The van der Waals surface area contributed by atoms with Crippen LogP contribution in [0.2, 0.25) is 0 Å². The third kappa shape index (κ3) is 4.18. The van der Waals surface area contributed by atoms with E-state index >= 15 is 0 Å². The second kappa shape index (κ2) is 7.79. The molecule has 1 heterocycles. The number of carbonyl (C=O) groups excluding carboxylic acids is 1. The molecule has 1 amide bonds. The summed E-state index contributed by atoms with van der Waals surface area (Å²) in [5, 5.41) is 2.84. The van der Waals surface area contributed by atoms with E-state index in [4.69, 9.17) is 9.47 Å². The van der Waals surface area contributed by atoms with Crippen molar-refractivity contribution >= 4 is 17.7 Å². The van der Waals surface area contributed by atoms with Crippen LogP contribution in [0.3, 0.4) is 0 Å². The molecule has 0 bridgehead atoms. The zero-order valence-corrected chi connectivity index (χ0v) is 14.7. The first kappa shape index (κ1) is 16.9. The summed E-state index contributed by atoms with van der Waals surface area (Å²) in [6.45, 7) is 1.06. The fraction of sp³-hybridized carbons (Fsp3) is 0.0870. The van der Waals surface area contributed by atoms with Gasteiger partial charge in [0.25, 0.3) is 0 Å². The molecule has 27 heavy (non-hydrogen) atoms. The molecule has 0 fully saturated rings. The molecule has 1 N–H and O–H groups in total. The van der Waals surface area contributed by atoms with Gasteiger partial charge in [-0.15, -0.1) is 0 Å². The van der Waals surface area contributed by atoms with E-state index in [9.17, 15) is 4.79 Å². The van der Waals surface area contributed by atoms with Crippen LogP contribution in [-0.4, -0.2) is 19.1 Å². The third-order valence-corrected chi connectivity index (χ3v) is 4.25. The van der Waals surface area contributed by atoms with Crippen LogP contribution in [0, 0.1) is 0 Å². The van der Waals surface area contributed by atoms with Gasteiger partial charge in [-0.25, -0.2) is 0 Å². The summed E-state index contributed by atoms with van der Waals surface area (Å²) in [6.07, 6.45) is 3.32. The minimum absolute atomic E-state index is 0.196. The van der Waals surface area contributed by atoms with E-state index in [0.717, 1.165) is 11.1 Å². The molecule has 0 saturated carbocycles. The molecule has 134 valence electrons. The Morgan fingerprint density at radius 3 is 2.30 bits per heavy atom. The fourth-order valence-corrected chi connectivity index (χ4v) is 2.89. The van der Waals surface area contributed by atoms with Crippen LogP contribution in [-0.2, 0) is 4.79 Å². The van der Waals surface area contributed by atoms with E-state index in [2.05, 4.69) is 17.4 Å². The monoisotopic (exact) mass is 357 g/mol. The van der Waals surface area contributed by atoms with E-state index in [0.29, 0.717) is 30.4 Å². The lowest BCUT2D eigenvalue weighted by atomic mass is 10.0. The summed E-state index contributed by atoms with van der Waals surface area (Å²) in [5.41, 5.74) is 3.96. The second-order valence-electron chi connectivity index (χ2n) is 6.17. The average Bonchev–Trinajstić information content (AvgIpc) is 2.73. The smallest absolute Gasteiger partial charge is 0.248 e. The summed E-state index contributed by atoms with van der Waals surface area (Å²) in [4.78, 5) is 12.2. The largest absolute Gasteiger partial charge is 0.486 e. The SMILES string of the molecule is O=C(/C=C/c1ccc(-c2ccccc2)cc1)Nc1ccc2c(c1)OCCO2. The van der Waals surface area contributed by atoms with Gasteiger partial charge in [0, 0.05) is 17.8 Å². The van der Waals surface area contributed by atoms with Gasteiger partial charge in [-0.1, -0.05) is 54.6 Å². The number of amides is 1. The Balaban J connectivity index is 1.40. The number of carbonyl (C=O) groups is 1. The number of nitrogens with one attached hydrogen (secondary N) is 1. The summed E-state index contributed by atoms with van der Waals surface area (Å²) < 4.78 is 11.0. The van der Waals surface area contributed by atoms with E-state index in [1.54, 1.807) is 24.3 Å². The zero-order chi connectivity index (χ0) is 18.5. The van der Waals surface area contributed by atoms with Gasteiger partial charge in [-0.3, -0.25) is 4.79 Å². The first-order valence-electron chi connectivity index (χ1n) is 8.82. The molecule has 0 radical (unpaired) electrons. The highest BCUT2D eigenvalue weighted by molar-refractivity contribution is 6.02. The maximum Gasteiger partial charge on any atom is 0.248 e. The molecule has 3 aromatic rings. The first-order valence-corrected chi connectivity index (χ1v) is 8.82. The van der Waals surface area contributed by atoms with E-state index in [1.807, 2.05) is 42.5 Å². The van der Waals surface area contributed by atoms with E-state index in [1.165, 1.54) is 11.6 Å². The molecule has 0 unspecified atom stereocenters. The molecule has 1 aliphatic rings. The van der Waals surface area contributed by atoms with Crippen molar-refractivity contribution in [2.45, 2.75) is 0 Å². The molecule has 0 atom stereocenters. The highest BCUT2D eigenvalue weighted by Gasteiger charge is 2.12. The summed E-state index contributed by atoms with van der Waals surface area (Å²) in [5.74, 6) is 1.16. The lowest BCUT2D eigenvalue weighted by Gasteiger charge is -2.18. The maximum absolute atomic E-state index is 12.2. The Labute approximate surface area is 158 Å². The third-order valence-electron chi connectivity index (χ3n) is 4.25. The molecule has 0 saturated heterocycles. The number of benzene rings is 3. The zero-order valence-electron chi connectivity index (χ0n) is 14.7. The Morgan fingerprint density at radius 1 is 0.815 bits per heavy atom. The van der Waals surface area contributed by atoms with Gasteiger partial charge in [0.15, 0.2) is 11.5 Å². The molecule has 0 aromatic heterocycles. The Morgan fingerprint density at radius 2 is 1.52 bits per heavy atom. The summed E-state index contributed by atoms with van der Waals surface area (Å²) in [7, 11) is 0. The van der Waals surface area contributed by atoms with Crippen LogP contribution < -0.4 is 14.8 Å². The van der Waals surface area contributed by atoms with Crippen molar-refractivity contribution < 1.29 is 14.3 Å². The fourth-order valence-electron chi connectivity index (χ4n) is 2.89.